The summed E-state index contributed by atoms with van der Waals surface area (Å²) in [5.41, 5.74) is 1.07. The van der Waals surface area contributed by atoms with Crippen LogP contribution in [-0.2, 0) is 17.9 Å². The van der Waals surface area contributed by atoms with Gasteiger partial charge in [0.05, 0.1) is 12.3 Å². The van der Waals surface area contributed by atoms with Gasteiger partial charge in [0.2, 0.25) is 0 Å². The van der Waals surface area contributed by atoms with Gasteiger partial charge in [0.15, 0.2) is 5.13 Å². The van der Waals surface area contributed by atoms with E-state index in [1.54, 1.807) is 18.4 Å². The average Bonchev–Trinajstić information content (AvgIpc) is 2.81. The summed E-state index contributed by atoms with van der Waals surface area (Å²) in [7, 11) is 3.87. The SMILES string of the molecule is CCC(CC)N(C)c1nc(COC)c(CNC(C)C)s1. The van der Waals surface area contributed by atoms with Crippen molar-refractivity contribution < 1.29 is 4.74 Å². The first-order valence-corrected chi connectivity index (χ1v) is 8.28. The number of nitrogens with one attached hydrogen (secondary N) is 1. The molecular formula is C15H29N3OS. The lowest BCUT2D eigenvalue weighted by Gasteiger charge is -2.25. The topological polar surface area (TPSA) is 37.4 Å². The van der Waals surface area contributed by atoms with E-state index < -0.39 is 0 Å². The van der Waals surface area contributed by atoms with Crippen molar-refractivity contribution in [1.29, 1.82) is 0 Å². The number of hydrogen-bond donors (Lipinski definition) is 1. The first-order valence-electron chi connectivity index (χ1n) is 7.47. The minimum absolute atomic E-state index is 0.479. The summed E-state index contributed by atoms with van der Waals surface area (Å²) in [6.45, 7) is 10.2. The van der Waals surface area contributed by atoms with E-state index in [1.165, 1.54) is 4.88 Å². The van der Waals surface area contributed by atoms with Crippen LogP contribution in [0, 0.1) is 0 Å². The molecule has 0 saturated heterocycles. The molecule has 4 nitrogen and oxygen atoms in total. The van der Waals surface area contributed by atoms with Crippen molar-refractivity contribution in [2.24, 2.45) is 0 Å². The fraction of sp³-hybridized carbons (Fsp3) is 0.800. The van der Waals surface area contributed by atoms with Gasteiger partial charge in [0, 0.05) is 37.7 Å². The van der Waals surface area contributed by atoms with Crippen molar-refractivity contribution in [1.82, 2.24) is 10.3 Å². The predicted molar refractivity (Wildman–Crippen MR) is 87.6 cm³/mol. The van der Waals surface area contributed by atoms with Crippen molar-refractivity contribution >= 4 is 16.5 Å². The average molecular weight is 299 g/mol. The van der Waals surface area contributed by atoms with Gasteiger partial charge in [-0.15, -0.1) is 11.3 Å². The van der Waals surface area contributed by atoms with E-state index in [2.05, 4.69) is 45.0 Å². The van der Waals surface area contributed by atoms with Crippen LogP contribution in [0.25, 0.3) is 0 Å². The monoisotopic (exact) mass is 299 g/mol. The van der Waals surface area contributed by atoms with E-state index in [0.29, 0.717) is 18.7 Å². The van der Waals surface area contributed by atoms with Gasteiger partial charge in [0.1, 0.15) is 0 Å². The van der Waals surface area contributed by atoms with Gasteiger partial charge < -0.3 is 15.0 Å². The van der Waals surface area contributed by atoms with Crippen LogP contribution >= 0.6 is 11.3 Å². The van der Waals surface area contributed by atoms with Crippen LogP contribution in [0.5, 0.6) is 0 Å². The normalized spacial score (nSPS) is 11.6. The highest BCUT2D eigenvalue weighted by Gasteiger charge is 2.18. The van der Waals surface area contributed by atoms with Gasteiger partial charge in [0.25, 0.3) is 0 Å². The molecule has 1 heterocycles. The number of nitrogens with zero attached hydrogens (tertiary/aromatic N) is 2. The first kappa shape index (κ1) is 17.4. The van der Waals surface area contributed by atoms with E-state index in [-0.39, 0.29) is 0 Å². The summed E-state index contributed by atoms with van der Waals surface area (Å²) in [6.07, 6.45) is 2.29. The molecule has 1 aromatic rings. The van der Waals surface area contributed by atoms with Crippen LogP contribution in [0.1, 0.15) is 51.1 Å². The maximum atomic E-state index is 5.28. The summed E-state index contributed by atoms with van der Waals surface area (Å²) < 4.78 is 5.28. The lowest BCUT2D eigenvalue weighted by molar-refractivity contribution is 0.181. The summed E-state index contributed by atoms with van der Waals surface area (Å²) in [6, 6.07) is 1.04. The Bertz CT molecular complexity index is 388. The number of anilines is 1. The Kier molecular flexibility index (Phi) is 7.48. The molecule has 0 aromatic carbocycles. The third-order valence-electron chi connectivity index (χ3n) is 3.51. The standard InChI is InChI=1S/C15H29N3OS/c1-7-12(8-2)18(5)15-17-13(10-19-6)14(20-15)9-16-11(3)4/h11-12,16H,7-10H2,1-6H3. The molecule has 0 fully saturated rings. The highest BCUT2D eigenvalue weighted by molar-refractivity contribution is 7.15. The molecule has 0 aliphatic rings. The highest BCUT2D eigenvalue weighted by atomic mass is 32.1. The molecule has 0 amide bonds. The number of ether oxygens (including phenoxy) is 1. The molecule has 1 rings (SSSR count). The summed E-state index contributed by atoms with van der Waals surface area (Å²) >= 11 is 1.78. The molecule has 1 N–H and O–H groups in total. The Balaban J connectivity index is 2.89. The third-order valence-corrected chi connectivity index (χ3v) is 4.70. The maximum absolute atomic E-state index is 5.28. The molecule has 0 unspecified atom stereocenters. The van der Waals surface area contributed by atoms with Crippen LogP contribution < -0.4 is 10.2 Å². The molecule has 0 saturated carbocycles. The molecule has 1 aromatic heterocycles. The second kappa shape index (κ2) is 8.60. The van der Waals surface area contributed by atoms with Crippen LogP contribution in [0.2, 0.25) is 0 Å². The minimum Gasteiger partial charge on any atom is -0.378 e. The number of methoxy groups -OCH3 is 1. The van der Waals surface area contributed by atoms with E-state index in [0.717, 1.165) is 30.2 Å². The van der Waals surface area contributed by atoms with Gasteiger partial charge in [-0.3, -0.25) is 0 Å². The number of rotatable bonds is 9. The smallest absolute Gasteiger partial charge is 0.185 e. The zero-order chi connectivity index (χ0) is 15.1. The Morgan fingerprint density at radius 3 is 2.45 bits per heavy atom. The fourth-order valence-corrected chi connectivity index (χ4v) is 3.24. The molecule has 0 radical (unpaired) electrons. The summed E-state index contributed by atoms with van der Waals surface area (Å²) in [4.78, 5) is 8.37. The molecule has 5 heteroatoms. The number of aromatic nitrogens is 1. The van der Waals surface area contributed by atoms with Gasteiger partial charge in [-0.1, -0.05) is 27.7 Å². The quantitative estimate of drug-likeness (QED) is 0.758. The second-order valence-corrected chi connectivity index (χ2v) is 6.48. The molecular weight excluding hydrogens is 270 g/mol. The Morgan fingerprint density at radius 1 is 1.30 bits per heavy atom. The fourth-order valence-electron chi connectivity index (χ4n) is 2.20. The summed E-state index contributed by atoms with van der Waals surface area (Å²) in [5, 5.41) is 4.57. The number of hydrogen-bond acceptors (Lipinski definition) is 5. The Morgan fingerprint density at radius 2 is 1.95 bits per heavy atom. The van der Waals surface area contributed by atoms with Gasteiger partial charge >= 0.3 is 0 Å². The Hall–Kier alpha value is -0.650. The Labute approximate surface area is 127 Å². The van der Waals surface area contributed by atoms with Crippen molar-refractivity contribution in [2.75, 3.05) is 19.1 Å². The number of thiazole rings is 1. The highest BCUT2D eigenvalue weighted by Crippen LogP contribution is 2.28. The largest absolute Gasteiger partial charge is 0.378 e. The van der Waals surface area contributed by atoms with Crippen LogP contribution in [0.15, 0.2) is 0 Å². The van der Waals surface area contributed by atoms with E-state index in [4.69, 9.17) is 9.72 Å². The van der Waals surface area contributed by atoms with Crippen LogP contribution in [0.3, 0.4) is 0 Å². The molecule has 0 aliphatic heterocycles. The van der Waals surface area contributed by atoms with Crippen molar-refractivity contribution in [3.05, 3.63) is 10.6 Å². The van der Waals surface area contributed by atoms with Crippen molar-refractivity contribution in [2.45, 2.75) is 65.8 Å². The molecule has 0 spiro atoms. The molecule has 116 valence electrons. The lowest BCUT2D eigenvalue weighted by atomic mass is 10.1. The van der Waals surface area contributed by atoms with Gasteiger partial charge in [-0.25, -0.2) is 4.98 Å². The molecule has 20 heavy (non-hydrogen) atoms. The lowest BCUT2D eigenvalue weighted by Crippen LogP contribution is -2.30. The van der Waals surface area contributed by atoms with Crippen molar-refractivity contribution in [3.8, 4) is 0 Å². The zero-order valence-electron chi connectivity index (χ0n) is 13.7. The predicted octanol–water partition coefficient (Wildman–Crippen LogP) is 3.41. The molecule has 0 bridgehead atoms. The molecule has 0 aliphatic carbocycles. The van der Waals surface area contributed by atoms with Crippen LogP contribution in [-0.4, -0.2) is 31.2 Å². The zero-order valence-corrected chi connectivity index (χ0v) is 14.5. The minimum atomic E-state index is 0.479. The van der Waals surface area contributed by atoms with Gasteiger partial charge in [-0.05, 0) is 12.8 Å². The van der Waals surface area contributed by atoms with Crippen LogP contribution in [0.4, 0.5) is 5.13 Å². The van der Waals surface area contributed by atoms with E-state index >= 15 is 0 Å². The van der Waals surface area contributed by atoms with Crippen molar-refractivity contribution in [3.63, 3.8) is 0 Å². The van der Waals surface area contributed by atoms with Gasteiger partial charge in [-0.2, -0.15) is 0 Å². The maximum Gasteiger partial charge on any atom is 0.185 e. The molecule has 0 atom stereocenters. The third kappa shape index (κ3) is 4.72. The first-order chi connectivity index (χ1) is 9.53. The summed E-state index contributed by atoms with van der Waals surface area (Å²) in [5.74, 6) is 0. The van der Waals surface area contributed by atoms with E-state index in [1.807, 2.05) is 0 Å². The second-order valence-electron chi connectivity index (χ2n) is 5.42. The van der Waals surface area contributed by atoms with E-state index in [9.17, 15) is 0 Å².